The number of hydrogen-bond donors (Lipinski definition) is 0. The maximum Gasteiger partial charge on any atom is 0.417 e. The fraction of sp³-hybridized carbons (Fsp3) is 0.111. The topological polar surface area (TPSA) is 43.5 Å². The van der Waals surface area contributed by atoms with E-state index in [0.717, 1.165) is 12.3 Å². The number of amides is 1. The molecule has 0 saturated carbocycles. The predicted molar refractivity (Wildman–Crippen MR) is 45.5 cm³/mol. The minimum absolute atomic E-state index is 0.0696. The van der Waals surface area contributed by atoms with Gasteiger partial charge in [0.05, 0.1) is 17.3 Å². The quantitative estimate of drug-likeness (QED) is 0.647. The molecule has 15 heavy (non-hydrogen) atoms. The zero-order chi connectivity index (χ0) is 11.1. The lowest BCUT2D eigenvalue weighted by atomic mass is 10.0. The molecule has 1 radical (unpaired) electrons. The Hall–Kier alpha value is -1.85. The summed E-state index contributed by atoms with van der Waals surface area (Å²) in [6, 6.07) is 3.37. The molecular formula is C9H4F3N2O. The summed E-state index contributed by atoms with van der Waals surface area (Å²) in [5, 5.41) is 3.22. The van der Waals surface area contributed by atoms with E-state index in [1.807, 2.05) is 0 Å². The van der Waals surface area contributed by atoms with Crippen molar-refractivity contribution < 1.29 is 18.0 Å². The summed E-state index contributed by atoms with van der Waals surface area (Å²) in [5.74, 6) is -0.751. The molecule has 0 fully saturated rings. The average Bonchev–Trinajstić information content (AvgIpc) is 2.16. The van der Waals surface area contributed by atoms with E-state index in [2.05, 4.69) is 10.5 Å². The maximum atomic E-state index is 12.5. The number of halogens is 3. The van der Waals surface area contributed by atoms with Gasteiger partial charge in [-0.15, -0.1) is 5.43 Å². The van der Waals surface area contributed by atoms with Crippen LogP contribution in [0.25, 0.3) is 0 Å². The molecule has 1 aliphatic rings. The summed E-state index contributed by atoms with van der Waals surface area (Å²) in [6.07, 6.45) is -3.55. The van der Waals surface area contributed by atoms with Crippen LogP contribution in [-0.2, 0) is 6.18 Å². The highest BCUT2D eigenvalue weighted by atomic mass is 19.4. The molecule has 6 heteroatoms. The molecule has 0 bridgehead atoms. The van der Waals surface area contributed by atoms with Crippen molar-refractivity contribution in [2.45, 2.75) is 6.18 Å². The highest BCUT2D eigenvalue weighted by Crippen LogP contribution is 2.33. The summed E-state index contributed by atoms with van der Waals surface area (Å²) in [5.41, 5.74) is 2.00. The molecule has 0 aromatic heterocycles. The first-order valence-corrected chi connectivity index (χ1v) is 3.99. The van der Waals surface area contributed by atoms with Crippen LogP contribution in [0.15, 0.2) is 23.3 Å². The minimum Gasteiger partial charge on any atom is -0.265 e. The monoisotopic (exact) mass is 213 g/mol. The van der Waals surface area contributed by atoms with E-state index >= 15 is 0 Å². The van der Waals surface area contributed by atoms with Gasteiger partial charge in [0, 0.05) is 5.56 Å². The number of hydrogen-bond acceptors (Lipinski definition) is 2. The standard InChI is InChI=1S/C9H4F3N2O/c10-9(11,12)7-3-1-2-5-6(7)4-13-14-8(5)15/h1-4H. The summed E-state index contributed by atoms with van der Waals surface area (Å²) in [4.78, 5) is 11.1. The fourth-order valence-electron chi connectivity index (χ4n) is 1.33. The van der Waals surface area contributed by atoms with Crippen molar-refractivity contribution in [3.63, 3.8) is 0 Å². The van der Waals surface area contributed by atoms with Crippen LogP contribution in [0.1, 0.15) is 21.5 Å². The third-order valence-electron chi connectivity index (χ3n) is 1.98. The molecule has 0 N–H and O–H groups in total. The molecule has 77 valence electrons. The zero-order valence-corrected chi connectivity index (χ0v) is 7.25. The van der Waals surface area contributed by atoms with E-state index in [0.29, 0.717) is 0 Å². The van der Waals surface area contributed by atoms with Crippen molar-refractivity contribution in [2.24, 2.45) is 5.10 Å². The second kappa shape index (κ2) is 3.08. The van der Waals surface area contributed by atoms with Crippen LogP contribution in [0.5, 0.6) is 0 Å². The van der Waals surface area contributed by atoms with Crippen molar-refractivity contribution in [1.82, 2.24) is 5.43 Å². The molecule has 1 aliphatic heterocycles. The van der Waals surface area contributed by atoms with Crippen molar-refractivity contribution in [3.8, 4) is 0 Å². The lowest BCUT2D eigenvalue weighted by Crippen LogP contribution is -2.21. The van der Waals surface area contributed by atoms with Crippen LogP contribution in [0.3, 0.4) is 0 Å². The Morgan fingerprint density at radius 3 is 2.60 bits per heavy atom. The Labute approximate surface area is 82.6 Å². The molecule has 1 aromatic rings. The number of carbonyl (C=O) groups is 1. The Kier molecular flexibility index (Phi) is 1.99. The molecule has 0 spiro atoms. The van der Waals surface area contributed by atoms with E-state index in [-0.39, 0.29) is 11.1 Å². The number of fused-ring (bicyclic) bond motifs is 1. The van der Waals surface area contributed by atoms with Gasteiger partial charge in [0.15, 0.2) is 0 Å². The largest absolute Gasteiger partial charge is 0.417 e. The molecule has 1 amide bonds. The molecule has 1 heterocycles. The molecular weight excluding hydrogens is 209 g/mol. The van der Waals surface area contributed by atoms with Crippen LogP contribution < -0.4 is 5.43 Å². The Morgan fingerprint density at radius 1 is 1.20 bits per heavy atom. The SMILES string of the molecule is O=C1[N]N=Cc2c1cccc2C(F)(F)F. The van der Waals surface area contributed by atoms with Crippen LogP contribution in [0.4, 0.5) is 13.2 Å². The maximum absolute atomic E-state index is 12.5. The summed E-state index contributed by atoms with van der Waals surface area (Å²) < 4.78 is 37.5. The van der Waals surface area contributed by atoms with Gasteiger partial charge < -0.3 is 0 Å². The van der Waals surface area contributed by atoms with Crippen LogP contribution in [-0.4, -0.2) is 12.1 Å². The van der Waals surface area contributed by atoms with Crippen LogP contribution >= 0.6 is 0 Å². The van der Waals surface area contributed by atoms with Gasteiger partial charge in [-0.05, 0) is 12.1 Å². The molecule has 0 unspecified atom stereocenters. The van der Waals surface area contributed by atoms with Crippen LogP contribution in [0.2, 0.25) is 0 Å². The van der Waals surface area contributed by atoms with Gasteiger partial charge in [0.1, 0.15) is 0 Å². The summed E-state index contributed by atoms with van der Waals surface area (Å²) in [7, 11) is 0. The molecule has 0 atom stereocenters. The molecule has 3 nitrogen and oxygen atoms in total. The Balaban J connectivity index is 2.66. The van der Waals surface area contributed by atoms with E-state index < -0.39 is 17.6 Å². The lowest BCUT2D eigenvalue weighted by molar-refractivity contribution is -0.137. The van der Waals surface area contributed by atoms with E-state index in [1.54, 1.807) is 0 Å². The third-order valence-corrected chi connectivity index (χ3v) is 1.98. The molecule has 1 aromatic carbocycles. The van der Waals surface area contributed by atoms with Gasteiger partial charge in [0.2, 0.25) is 0 Å². The number of benzene rings is 1. The summed E-state index contributed by atoms with van der Waals surface area (Å²) in [6.45, 7) is 0. The van der Waals surface area contributed by atoms with Gasteiger partial charge >= 0.3 is 6.18 Å². The molecule has 0 saturated heterocycles. The fourth-order valence-corrected chi connectivity index (χ4v) is 1.33. The number of nitrogens with zero attached hydrogens (tertiary/aromatic N) is 2. The van der Waals surface area contributed by atoms with Crippen molar-refractivity contribution >= 4 is 12.1 Å². The first-order chi connectivity index (χ1) is 7.00. The summed E-state index contributed by atoms with van der Waals surface area (Å²) >= 11 is 0. The number of alkyl halides is 3. The second-order valence-electron chi connectivity index (χ2n) is 2.91. The van der Waals surface area contributed by atoms with Crippen molar-refractivity contribution in [1.29, 1.82) is 0 Å². The third kappa shape index (κ3) is 1.58. The number of carbonyl (C=O) groups excluding carboxylic acids is 1. The van der Waals surface area contributed by atoms with E-state index in [9.17, 15) is 18.0 Å². The van der Waals surface area contributed by atoms with Gasteiger partial charge in [-0.25, -0.2) is 0 Å². The minimum atomic E-state index is -4.49. The Morgan fingerprint density at radius 2 is 1.93 bits per heavy atom. The molecule has 0 aliphatic carbocycles. The zero-order valence-electron chi connectivity index (χ0n) is 7.25. The van der Waals surface area contributed by atoms with E-state index in [1.165, 1.54) is 12.1 Å². The smallest absolute Gasteiger partial charge is 0.265 e. The first-order valence-electron chi connectivity index (χ1n) is 3.99. The predicted octanol–water partition coefficient (Wildman–Crippen LogP) is 1.80. The lowest BCUT2D eigenvalue weighted by Gasteiger charge is -2.14. The Bertz CT molecular complexity index is 451. The van der Waals surface area contributed by atoms with Crippen LogP contribution in [0, 0.1) is 0 Å². The van der Waals surface area contributed by atoms with E-state index in [4.69, 9.17) is 0 Å². The van der Waals surface area contributed by atoms with Crippen molar-refractivity contribution in [3.05, 3.63) is 34.9 Å². The second-order valence-corrected chi connectivity index (χ2v) is 2.91. The van der Waals surface area contributed by atoms with Gasteiger partial charge in [0.25, 0.3) is 5.91 Å². The highest BCUT2D eigenvalue weighted by molar-refractivity contribution is 6.05. The molecule has 2 rings (SSSR count). The van der Waals surface area contributed by atoms with Gasteiger partial charge in [-0.3, -0.25) is 4.79 Å². The normalized spacial score (nSPS) is 14.7. The van der Waals surface area contributed by atoms with Gasteiger partial charge in [-0.1, -0.05) is 6.07 Å². The average molecular weight is 213 g/mol. The highest BCUT2D eigenvalue weighted by Gasteiger charge is 2.35. The van der Waals surface area contributed by atoms with Gasteiger partial charge in [-0.2, -0.15) is 18.3 Å². The van der Waals surface area contributed by atoms with Crippen molar-refractivity contribution in [2.75, 3.05) is 0 Å². The first kappa shape index (κ1) is 9.70. The number of rotatable bonds is 0.